The molecule has 104 valence electrons. The van der Waals surface area contributed by atoms with Crippen molar-refractivity contribution in [2.45, 2.75) is 25.8 Å². The van der Waals surface area contributed by atoms with Crippen LogP contribution in [0.25, 0.3) is 0 Å². The molecule has 1 amide bonds. The number of carbonyl (C=O) groups is 1. The summed E-state index contributed by atoms with van der Waals surface area (Å²) in [7, 11) is 4.02. The van der Waals surface area contributed by atoms with Crippen molar-refractivity contribution in [2.24, 2.45) is 5.92 Å². The zero-order chi connectivity index (χ0) is 11.3. The van der Waals surface area contributed by atoms with E-state index in [2.05, 4.69) is 29.5 Å². The first-order valence-corrected chi connectivity index (χ1v) is 5.77. The van der Waals surface area contributed by atoms with Crippen molar-refractivity contribution < 1.29 is 4.79 Å². The van der Waals surface area contributed by atoms with E-state index >= 15 is 0 Å². The van der Waals surface area contributed by atoms with Gasteiger partial charge in [0.05, 0.1) is 0 Å². The van der Waals surface area contributed by atoms with Crippen LogP contribution in [-0.2, 0) is 4.79 Å². The highest BCUT2D eigenvalue weighted by molar-refractivity contribution is 5.85. The molecule has 1 atom stereocenters. The van der Waals surface area contributed by atoms with Crippen molar-refractivity contribution in [3.05, 3.63) is 0 Å². The second-order valence-electron chi connectivity index (χ2n) is 4.51. The molecule has 0 saturated carbocycles. The summed E-state index contributed by atoms with van der Waals surface area (Å²) < 4.78 is 0. The second-order valence-corrected chi connectivity index (χ2v) is 4.51. The first kappa shape index (κ1) is 19.3. The summed E-state index contributed by atoms with van der Waals surface area (Å²) in [4.78, 5) is 14.0. The molecule has 0 aromatic rings. The number of hydrogen-bond acceptors (Lipinski definition) is 3. The standard InChI is InChI=1S/C11H23N3O.2ClH/c1-9(12-2)8-13-11(15)10-4-6-14(3)7-5-10;;/h9-10,12H,4-8H2,1-3H3,(H,13,15);2*1H. The highest BCUT2D eigenvalue weighted by Gasteiger charge is 2.22. The van der Waals surface area contributed by atoms with Gasteiger partial charge in [-0.1, -0.05) is 0 Å². The number of amides is 1. The minimum Gasteiger partial charge on any atom is -0.354 e. The summed E-state index contributed by atoms with van der Waals surface area (Å²) in [5.74, 6) is 0.454. The van der Waals surface area contributed by atoms with E-state index in [-0.39, 0.29) is 36.6 Å². The summed E-state index contributed by atoms with van der Waals surface area (Å²) in [6, 6.07) is 0.347. The molecule has 1 aliphatic rings. The number of rotatable bonds is 4. The Labute approximate surface area is 117 Å². The Hall–Kier alpha value is -0.0300. The molecule has 1 heterocycles. The molecule has 1 rings (SSSR count). The molecule has 1 unspecified atom stereocenters. The molecule has 0 aromatic carbocycles. The Morgan fingerprint density at radius 3 is 2.35 bits per heavy atom. The molecule has 1 saturated heterocycles. The minimum absolute atomic E-state index is 0. The van der Waals surface area contributed by atoms with Gasteiger partial charge in [-0.2, -0.15) is 0 Å². The van der Waals surface area contributed by atoms with Crippen molar-refractivity contribution in [3.8, 4) is 0 Å². The monoisotopic (exact) mass is 285 g/mol. The van der Waals surface area contributed by atoms with Gasteiger partial charge in [0.15, 0.2) is 0 Å². The highest BCUT2D eigenvalue weighted by Crippen LogP contribution is 2.15. The number of hydrogen-bond donors (Lipinski definition) is 2. The van der Waals surface area contributed by atoms with Gasteiger partial charge in [0.25, 0.3) is 0 Å². The summed E-state index contributed by atoms with van der Waals surface area (Å²) in [6.45, 7) is 4.87. The van der Waals surface area contributed by atoms with Crippen LogP contribution in [0.2, 0.25) is 0 Å². The van der Waals surface area contributed by atoms with Crippen LogP contribution in [0.5, 0.6) is 0 Å². The van der Waals surface area contributed by atoms with Crippen molar-refractivity contribution in [3.63, 3.8) is 0 Å². The number of nitrogens with one attached hydrogen (secondary N) is 2. The van der Waals surface area contributed by atoms with Gasteiger partial charge in [0, 0.05) is 18.5 Å². The SMILES string of the molecule is CNC(C)CNC(=O)C1CCN(C)CC1.Cl.Cl. The molecule has 2 N–H and O–H groups in total. The van der Waals surface area contributed by atoms with E-state index in [0.29, 0.717) is 6.04 Å². The third kappa shape index (κ3) is 7.09. The van der Waals surface area contributed by atoms with Crippen molar-refractivity contribution in [1.82, 2.24) is 15.5 Å². The maximum absolute atomic E-state index is 11.8. The topological polar surface area (TPSA) is 44.4 Å². The Morgan fingerprint density at radius 1 is 1.35 bits per heavy atom. The van der Waals surface area contributed by atoms with Crippen LogP contribution >= 0.6 is 24.8 Å². The molecule has 0 bridgehead atoms. The van der Waals surface area contributed by atoms with Gasteiger partial charge in [-0.15, -0.1) is 24.8 Å². The number of halogens is 2. The fraction of sp³-hybridized carbons (Fsp3) is 0.909. The molecular formula is C11H25Cl2N3O. The number of carbonyl (C=O) groups excluding carboxylic acids is 1. The summed E-state index contributed by atoms with van der Waals surface area (Å²) in [5.41, 5.74) is 0. The lowest BCUT2D eigenvalue weighted by Crippen LogP contribution is -2.43. The maximum atomic E-state index is 11.8. The largest absolute Gasteiger partial charge is 0.354 e. The fourth-order valence-electron chi connectivity index (χ4n) is 1.77. The van der Waals surface area contributed by atoms with Gasteiger partial charge >= 0.3 is 0 Å². The van der Waals surface area contributed by atoms with Crippen LogP contribution in [0, 0.1) is 5.92 Å². The van der Waals surface area contributed by atoms with E-state index in [0.717, 1.165) is 32.5 Å². The summed E-state index contributed by atoms with van der Waals surface area (Å²) in [6.07, 6.45) is 1.99. The molecule has 0 spiro atoms. The van der Waals surface area contributed by atoms with Crippen LogP contribution < -0.4 is 10.6 Å². The van der Waals surface area contributed by atoms with Gasteiger partial charge < -0.3 is 15.5 Å². The zero-order valence-electron chi connectivity index (χ0n) is 10.9. The number of nitrogens with zero attached hydrogens (tertiary/aromatic N) is 1. The molecule has 17 heavy (non-hydrogen) atoms. The normalized spacial score (nSPS) is 18.8. The van der Waals surface area contributed by atoms with Crippen molar-refractivity contribution in [2.75, 3.05) is 33.7 Å². The summed E-state index contributed by atoms with van der Waals surface area (Å²) >= 11 is 0. The van der Waals surface area contributed by atoms with Crippen LogP contribution in [0.4, 0.5) is 0 Å². The van der Waals surface area contributed by atoms with E-state index in [1.54, 1.807) is 0 Å². The van der Waals surface area contributed by atoms with Crippen molar-refractivity contribution >= 4 is 30.7 Å². The first-order valence-electron chi connectivity index (χ1n) is 5.77. The average molecular weight is 286 g/mol. The Kier molecular flexibility index (Phi) is 11.3. The molecule has 0 aliphatic carbocycles. The fourth-order valence-corrected chi connectivity index (χ4v) is 1.77. The Morgan fingerprint density at radius 2 is 1.88 bits per heavy atom. The van der Waals surface area contributed by atoms with Gasteiger partial charge in [0.1, 0.15) is 0 Å². The Bertz CT molecular complexity index is 209. The van der Waals surface area contributed by atoms with Crippen LogP contribution in [0.3, 0.4) is 0 Å². The third-order valence-corrected chi connectivity index (χ3v) is 3.16. The minimum atomic E-state index is 0. The van der Waals surface area contributed by atoms with Gasteiger partial charge in [-0.25, -0.2) is 0 Å². The molecule has 0 aromatic heterocycles. The molecule has 1 fully saturated rings. The van der Waals surface area contributed by atoms with Gasteiger partial charge in [0.2, 0.25) is 5.91 Å². The molecule has 0 radical (unpaired) electrons. The maximum Gasteiger partial charge on any atom is 0.223 e. The first-order chi connectivity index (χ1) is 7.13. The van der Waals surface area contributed by atoms with E-state index in [1.807, 2.05) is 7.05 Å². The van der Waals surface area contributed by atoms with E-state index in [1.165, 1.54) is 0 Å². The predicted molar refractivity (Wildman–Crippen MR) is 76.2 cm³/mol. The quantitative estimate of drug-likeness (QED) is 0.807. The molecule has 6 heteroatoms. The van der Waals surface area contributed by atoms with Gasteiger partial charge in [-0.3, -0.25) is 4.79 Å². The van der Waals surface area contributed by atoms with Gasteiger partial charge in [-0.05, 0) is 47.0 Å². The second kappa shape index (κ2) is 9.95. The average Bonchev–Trinajstić information content (AvgIpc) is 2.26. The molecular weight excluding hydrogens is 261 g/mol. The Balaban J connectivity index is 0. The van der Waals surface area contributed by atoms with Crippen LogP contribution in [0.15, 0.2) is 0 Å². The lowest BCUT2D eigenvalue weighted by Gasteiger charge is -2.28. The van der Waals surface area contributed by atoms with E-state index < -0.39 is 0 Å². The summed E-state index contributed by atoms with van der Waals surface area (Å²) in [5, 5.41) is 6.11. The van der Waals surface area contributed by atoms with E-state index in [9.17, 15) is 4.79 Å². The molecule has 1 aliphatic heterocycles. The number of piperidine rings is 1. The lowest BCUT2D eigenvalue weighted by atomic mass is 9.96. The molecule has 4 nitrogen and oxygen atoms in total. The lowest BCUT2D eigenvalue weighted by molar-refractivity contribution is -0.126. The van der Waals surface area contributed by atoms with E-state index in [4.69, 9.17) is 0 Å². The van der Waals surface area contributed by atoms with Crippen LogP contribution in [-0.4, -0.2) is 50.6 Å². The smallest absolute Gasteiger partial charge is 0.223 e. The third-order valence-electron chi connectivity index (χ3n) is 3.16. The number of likely N-dealkylation sites (N-methyl/N-ethyl adjacent to an activating group) is 1. The van der Waals surface area contributed by atoms with Crippen molar-refractivity contribution in [1.29, 1.82) is 0 Å². The van der Waals surface area contributed by atoms with Crippen LogP contribution in [0.1, 0.15) is 19.8 Å². The predicted octanol–water partition coefficient (Wildman–Crippen LogP) is 0.896. The highest BCUT2D eigenvalue weighted by atomic mass is 35.5. The zero-order valence-corrected chi connectivity index (χ0v) is 12.5. The number of likely N-dealkylation sites (tertiary alicyclic amines) is 1.